The van der Waals surface area contributed by atoms with Crippen molar-refractivity contribution < 1.29 is 9.90 Å². The van der Waals surface area contributed by atoms with E-state index in [1.54, 1.807) is 11.3 Å². The van der Waals surface area contributed by atoms with Crippen LogP contribution in [0.3, 0.4) is 0 Å². The second kappa shape index (κ2) is 17.3. The molecular formula is C33H51NO2S. The Morgan fingerprint density at radius 3 is 2.38 bits per heavy atom. The fraction of sp³-hybridized carbons (Fsp3) is 0.576. The van der Waals surface area contributed by atoms with Gasteiger partial charge in [0.15, 0.2) is 0 Å². The fourth-order valence-corrected chi connectivity index (χ4v) is 5.80. The van der Waals surface area contributed by atoms with Crippen LogP contribution in [-0.2, 0) is 4.79 Å². The van der Waals surface area contributed by atoms with Crippen LogP contribution in [0.5, 0.6) is 0 Å². The van der Waals surface area contributed by atoms with E-state index in [4.69, 9.17) is 14.9 Å². The number of unbranched alkanes of at least 4 members (excludes halogenated alkanes) is 1. The van der Waals surface area contributed by atoms with Gasteiger partial charge in [0.05, 0.1) is 5.69 Å². The molecule has 206 valence electrons. The average molecular weight is 526 g/mol. The summed E-state index contributed by atoms with van der Waals surface area (Å²) < 4.78 is 1.31. The van der Waals surface area contributed by atoms with Crippen LogP contribution < -0.4 is 0 Å². The third kappa shape index (κ3) is 11.0. The molecule has 2 atom stereocenters. The van der Waals surface area contributed by atoms with Crippen LogP contribution >= 0.6 is 11.3 Å². The molecule has 2 aromatic heterocycles. The molecular weight excluding hydrogens is 474 g/mol. The van der Waals surface area contributed by atoms with Crippen LogP contribution in [0, 0.1) is 17.3 Å². The lowest BCUT2D eigenvalue weighted by Crippen LogP contribution is -2.23. The highest BCUT2D eigenvalue weighted by atomic mass is 32.1. The molecule has 0 radical (unpaired) electrons. The molecule has 0 aliphatic carbocycles. The molecule has 0 fully saturated rings. The van der Waals surface area contributed by atoms with Gasteiger partial charge in [-0.25, -0.2) is 0 Å². The Hall–Kier alpha value is -2.20. The van der Waals surface area contributed by atoms with E-state index in [1.807, 2.05) is 6.20 Å². The van der Waals surface area contributed by atoms with Crippen LogP contribution in [0.2, 0.25) is 0 Å². The molecule has 0 saturated carbocycles. The van der Waals surface area contributed by atoms with Crippen molar-refractivity contribution in [3.63, 3.8) is 0 Å². The summed E-state index contributed by atoms with van der Waals surface area (Å²) >= 11 is 1.79. The molecule has 2 heterocycles. The van der Waals surface area contributed by atoms with E-state index in [9.17, 15) is 0 Å². The zero-order valence-electron chi connectivity index (χ0n) is 24.6. The van der Waals surface area contributed by atoms with Gasteiger partial charge in [-0.15, -0.1) is 11.3 Å². The largest absolute Gasteiger partial charge is 0.483 e. The first-order valence-corrected chi connectivity index (χ1v) is 15.0. The van der Waals surface area contributed by atoms with Gasteiger partial charge in [0.1, 0.15) is 0 Å². The third-order valence-corrected chi connectivity index (χ3v) is 8.34. The number of fused-ring (bicyclic) bond motifs is 1. The van der Waals surface area contributed by atoms with Gasteiger partial charge in [-0.2, -0.15) is 0 Å². The minimum Gasteiger partial charge on any atom is -0.483 e. The highest BCUT2D eigenvalue weighted by molar-refractivity contribution is 7.17. The zero-order valence-corrected chi connectivity index (χ0v) is 25.5. The van der Waals surface area contributed by atoms with Crippen LogP contribution in [0.1, 0.15) is 112 Å². The lowest BCUT2D eigenvalue weighted by atomic mass is 9.71. The van der Waals surface area contributed by atoms with Crippen LogP contribution in [0.15, 0.2) is 53.1 Å². The quantitative estimate of drug-likeness (QED) is 0.209. The molecule has 1 N–H and O–H groups in total. The topological polar surface area (TPSA) is 50.2 Å². The van der Waals surface area contributed by atoms with Gasteiger partial charge in [0.2, 0.25) is 0 Å². The Morgan fingerprint density at radius 2 is 1.81 bits per heavy atom. The zero-order chi connectivity index (χ0) is 27.8. The summed E-state index contributed by atoms with van der Waals surface area (Å²) in [4.78, 5) is 13.1. The Morgan fingerprint density at radius 1 is 1.11 bits per heavy atom. The van der Waals surface area contributed by atoms with Crippen molar-refractivity contribution in [2.24, 2.45) is 17.3 Å². The SMILES string of the molecule is C\C=C(/C=C\C(CC(CCC)CC(CCCC)C(C)(C)C)=C(/C)CC)c1nccc2sccc12.O=CO. The number of pyridine rings is 1. The van der Waals surface area contributed by atoms with Crippen molar-refractivity contribution >= 4 is 33.5 Å². The maximum Gasteiger partial charge on any atom is 0.290 e. The molecule has 37 heavy (non-hydrogen) atoms. The number of nitrogens with zero attached hydrogens (tertiary/aromatic N) is 1. The summed E-state index contributed by atoms with van der Waals surface area (Å²) in [6.45, 7) is 18.5. The van der Waals surface area contributed by atoms with Gasteiger partial charge < -0.3 is 5.11 Å². The van der Waals surface area contributed by atoms with E-state index in [-0.39, 0.29) is 6.47 Å². The Balaban J connectivity index is 0.00000217. The van der Waals surface area contributed by atoms with E-state index in [0.29, 0.717) is 5.41 Å². The minimum absolute atomic E-state index is 0.250. The van der Waals surface area contributed by atoms with Crippen LogP contribution in [0.25, 0.3) is 15.7 Å². The summed E-state index contributed by atoms with van der Waals surface area (Å²) in [6, 6.07) is 4.32. The molecule has 0 aliphatic heterocycles. The summed E-state index contributed by atoms with van der Waals surface area (Å²) in [6.07, 6.45) is 19.1. The van der Waals surface area contributed by atoms with Gasteiger partial charge in [0, 0.05) is 16.3 Å². The monoisotopic (exact) mass is 525 g/mol. The Bertz CT molecular complexity index is 1020. The maximum atomic E-state index is 8.36. The average Bonchev–Trinajstić information content (AvgIpc) is 3.35. The molecule has 2 rings (SSSR count). The van der Waals surface area contributed by atoms with Crippen molar-refractivity contribution in [3.8, 4) is 0 Å². The van der Waals surface area contributed by atoms with Gasteiger partial charge in [0.25, 0.3) is 6.47 Å². The van der Waals surface area contributed by atoms with Crippen molar-refractivity contribution in [2.75, 3.05) is 0 Å². The van der Waals surface area contributed by atoms with Crippen molar-refractivity contribution in [1.29, 1.82) is 0 Å². The van der Waals surface area contributed by atoms with Crippen molar-refractivity contribution in [1.82, 2.24) is 4.98 Å². The number of rotatable bonds is 13. The Kier molecular flexibility index (Phi) is 15.4. The molecule has 0 bridgehead atoms. The van der Waals surface area contributed by atoms with Crippen LogP contribution in [-0.4, -0.2) is 16.6 Å². The highest BCUT2D eigenvalue weighted by Crippen LogP contribution is 2.39. The highest BCUT2D eigenvalue weighted by Gasteiger charge is 2.27. The summed E-state index contributed by atoms with van der Waals surface area (Å²) in [7, 11) is 0. The smallest absolute Gasteiger partial charge is 0.290 e. The van der Waals surface area contributed by atoms with E-state index < -0.39 is 0 Å². The van der Waals surface area contributed by atoms with E-state index in [2.05, 4.69) is 91.1 Å². The number of carbonyl (C=O) groups is 1. The molecule has 2 aromatic rings. The molecule has 2 unspecified atom stereocenters. The standard InChI is InChI=1S/C32H49NS.CH2O2/c1-9-13-15-28(32(6,7)8)23-25(14-10-2)22-27(24(5)11-3)17-16-26(12-4)31-29-19-21-34-30(29)18-20-33-31;2-1-3/h12,16-21,25,28H,9-11,13-15,22-23H2,1-8H3;1H,(H,2,3)/b17-16-,26-12+,27-24-;. The second-order valence-electron chi connectivity index (χ2n) is 11.1. The first-order valence-electron chi connectivity index (χ1n) is 14.1. The van der Waals surface area contributed by atoms with Crippen molar-refractivity contribution in [2.45, 2.75) is 107 Å². The molecule has 0 aromatic carbocycles. The first-order chi connectivity index (χ1) is 17.7. The van der Waals surface area contributed by atoms with E-state index >= 15 is 0 Å². The fourth-order valence-electron chi connectivity index (χ4n) is 5.02. The molecule has 0 aliphatic rings. The van der Waals surface area contributed by atoms with E-state index in [1.165, 1.54) is 71.8 Å². The van der Waals surface area contributed by atoms with E-state index in [0.717, 1.165) is 24.0 Å². The molecule has 0 amide bonds. The van der Waals surface area contributed by atoms with Gasteiger partial charge in [-0.3, -0.25) is 9.78 Å². The van der Waals surface area contributed by atoms with Gasteiger partial charge in [-0.05, 0) is 85.4 Å². The Labute approximate surface area is 230 Å². The molecule has 0 spiro atoms. The number of hydrogen-bond donors (Lipinski definition) is 1. The van der Waals surface area contributed by atoms with Crippen molar-refractivity contribution in [3.05, 3.63) is 58.8 Å². The predicted octanol–water partition coefficient (Wildman–Crippen LogP) is 10.7. The number of thiophene rings is 1. The third-order valence-electron chi connectivity index (χ3n) is 7.46. The molecule has 0 saturated heterocycles. The van der Waals surface area contributed by atoms with Crippen LogP contribution in [0.4, 0.5) is 0 Å². The second-order valence-corrected chi connectivity index (χ2v) is 12.1. The predicted molar refractivity (Wildman–Crippen MR) is 164 cm³/mol. The summed E-state index contributed by atoms with van der Waals surface area (Å²) in [5, 5.41) is 10.3. The lowest BCUT2D eigenvalue weighted by Gasteiger charge is -2.34. The normalized spacial score (nSPS) is 14.8. The summed E-state index contributed by atoms with van der Waals surface area (Å²) in [5.74, 6) is 1.54. The minimum atomic E-state index is -0.250. The lowest BCUT2D eigenvalue weighted by molar-refractivity contribution is -0.122. The number of hydrogen-bond acceptors (Lipinski definition) is 3. The number of carboxylic acid groups (broad SMARTS) is 1. The number of aromatic nitrogens is 1. The maximum absolute atomic E-state index is 8.36. The number of allylic oxidation sites excluding steroid dienone is 6. The van der Waals surface area contributed by atoms with Gasteiger partial charge in [-0.1, -0.05) is 91.0 Å². The summed E-state index contributed by atoms with van der Waals surface area (Å²) in [5.41, 5.74) is 5.75. The van der Waals surface area contributed by atoms with Gasteiger partial charge >= 0.3 is 0 Å². The first kappa shape index (κ1) is 32.8. The molecule has 3 nitrogen and oxygen atoms in total. The molecule has 4 heteroatoms.